The van der Waals surface area contributed by atoms with Crippen molar-refractivity contribution in [2.45, 2.75) is 11.0 Å². The van der Waals surface area contributed by atoms with Gasteiger partial charge in [-0.1, -0.05) is 223 Å². The highest BCUT2D eigenvalue weighted by atomic mass is 79.9. The molecular formula is C63H40Br6O4. The Hall–Kier alpha value is -5.69. The van der Waals surface area contributed by atoms with Crippen LogP contribution < -0.4 is 0 Å². The van der Waals surface area contributed by atoms with Crippen LogP contribution in [0.15, 0.2) is 251 Å². The molecule has 358 valence electrons. The summed E-state index contributed by atoms with van der Waals surface area (Å²) in [7, 11) is 0. The molecule has 0 bridgehead atoms. The standard InChI is InChI=1S/C25H16Br2O.C19H12Br2O.C13H6Br2O.C6H6O/c26-18-8-12-21-22-13-9-19(27)15-24(22)25(23(21)14-18,16-4-2-1-3-5-16)17-6-10-20(28)11-7-17;20-13-6-8-15-16-9-7-14(21)11-18(16)19(22,17(15)10-13)12-4-2-1-3-5-12;14-7-1-3-9-10-4-2-8(15)6-12(10)13(16)11(9)5-7;7-6-4-2-1-3-5-6/h1-15,28H;1-11,22H;1-6H;1-5,7H. The zero-order valence-electron chi connectivity index (χ0n) is 38.4. The second-order valence-electron chi connectivity index (χ2n) is 17.5. The molecule has 0 atom stereocenters. The Kier molecular flexibility index (Phi) is 14.8. The topological polar surface area (TPSA) is 77.8 Å². The van der Waals surface area contributed by atoms with Crippen molar-refractivity contribution in [1.82, 2.24) is 0 Å². The summed E-state index contributed by atoms with van der Waals surface area (Å²) < 4.78 is 5.91. The van der Waals surface area contributed by atoms with Crippen molar-refractivity contribution in [3.8, 4) is 44.9 Å². The second-order valence-corrected chi connectivity index (χ2v) is 23.0. The lowest BCUT2D eigenvalue weighted by atomic mass is 9.68. The van der Waals surface area contributed by atoms with Crippen molar-refractivity contribution in [3.05, 3.63) is 301 Å². The van der Waals surface area contributed by atoms with Crippen LogP contribution in [0.4, 0.5) is 0 Å². The Morgan fingerprint density at radius 3 is 0.973 bits per heavy atom. The first-order valence-electron chi connectivity index (χ1n) is 23.0. The fraction of sp³-hybridized carbons (Fsp3) is 0.0317. The van der Waals surface area contributed by atoms with E-state index in [0.717, 1.165) is 82.5 Å². The van der Waals surface area contributed by atoms with E-state index in [1.54, 1.807) is 36.4 Å². The summed E-state index contributed by atoms with van der Waals surface area (Å²) in [5.74, 6) is 0.698. The number of aromatic hydroxyl groups is 2. The fourth-order valence-electron chi connectivity index (χ4n) is 10.1. The Bertz CT molecular complexity index is 3540. The first-order chi connectivity index (χ1) is 35.3. The molecule has 0 amide bonds. The quantitative estimate of drug-likeness (QED) is 0.165. The molecule has 0 spiro atoms. The van der Waals surface area contributed by atoms with Crippen LogP contribution in [0.25, 0.3) is 33.4 Å². The zero-order valence-corrected chi connectivity index (χ0v) is 47.9. The number of carbonyl (C=O) groups excluding carboxylic acids is 1. The molecule has 0 saturated heterocycles. The van der Waals surface area contributed by atoms with Crippen LogP contribution in [-0.4, -0.2) is 21.1 Å². The van der Waals surface area contributed by atoms with Gasteiger partial charge in [-0.05, 0) is 158 Å². The van der Waals surface area contributed by atoms with Crippen LogP contribution in [0, 0.1) is 0 Å². The van der Waals surface area contributed by atoms with Crippen molar-refractivity contribution in [1.29, 1.82) is 0 Å². The number of halogens is 6. The summed E-state index contributed by atoms with van der Waals surface area (Å²) >= 11 is 21.2. The van der Waals surface area contributed by atoms with Crippen molar-refractivity contribution in [2.75, 3.05) is 0 Å². The van der Waals surface area contributed by atoms with Crippen molar-refractivity contribution >= 4 is 101 Å². The molecule has 13 rings (SSSR count). The van der Waals surface area contributed by atoms with Crippen LogP contribution >= 0.6 is 95.6 Å². The van der Waals surface area contributed by atoms with E-state index in [1.807, 2.05) is 115 Å². The predicted octanol–water partition coefficient (Wildman–Crippen LogP) is 18.6. The smallest absolute Gasteiger partial charge is 0.194 e. The van der Waals surface area contributed by atoms with Crippen LogP contribution in [-0.2, 0) is 11.0 Å². The highest BCUT2D eigenvalue weighted by Crippen LogP contribution is 2.57. The summed E-state index contributed by atoms with van der Waals surface area (Å²) in [6.07, 6.45) is 0. The van der Waals surface area contributed by atoms with Crippen molar-refractivity contribution in [2.24, 2.45) is 0 Å². The molecular weight excluding hydrogens is 1300 g/mol. The minimum Gasteiger partial charge on any atom is -0.508 e. The maximum atomic E-state index is 12.2. The minimum atomic E-state index is -1.13. The lowest BCUT2D eigenvalue weighted by molar-refractivity contribution is 0.104. The number of para-hydroxylation sites is 1. The van der Waals surface area contributed by atoms with Gasteiger partial charge in [0.15, 0.2) is 5.78 Å². The summed E-state index contributed by atoms with van der Waals surface area (Å²) in [6.45, 7) is 0. The summed E-state index contributed by atoms with van der Waals surface area (Å²) in [5.41, 5.74) is 14.2. The number of aliphatic hydroxyl groups is 1. The first kappa shape index (κ1) is 50.8. The Labute approximate surface area is 474 Å². The SMILES string of the molecule is O=C1c2cc(Br)ccc2-c2ccc(Br)cc21.OC1(c2ccccc2)c2cc(Br)ccc2-c2ccc(Br)cc21.Oc1ccc(C2(c3ccccc3)c3cc(Br)ccc3-c3ccc(Br)cc32)cc1.Oc1ccccc1. The largest absolute Gasteiger partial charge is 0.508 e. The third kappa shape index (κ3) is 9.68. The second kappa shape index (κ2) is 21.3. The third-order valence-electron chi connectivity index (χ3n) is 13.3. The van der Waals surface area contributed by atoms with E-state index in [2.05, 4.69) is 168 Å². The predicted molar refractivity (Wildman–Crippen MR) is 315 cm³/mol. The number of phenolic OH excluding ortho intramolecular Hbond substituents is 2. The molecule has 0 heterocycles. The molecule has 73 heavy (non-hydrogen) atoms. The van der Waals surface area contributed by atoms with Gasteiger partial charge in [-0.25, -0.2) is 0 Å². The van der Waals surface area contributed by atoms with E-state index in [-0.39, 0.29) is 11.5 Å². The fourth-order valence-corrected chi connectivity index (χ4v) is 12.3. The van der Waals surface area contributed by atoms with E-state index in [1.165, 1.54) is 27.8 Å². The van der Waals surface area contributed by atoms with Gasteiger partial charge in [0.05, 0.1) is 5.41 Å². The van der Waals surface area contributed by atoms with Crippen LogP contribution in [0.2, 0.25) is 0 Å². The summed E-state index contributed by atoms with van der Waals surface area (Å²) in [6, 6.07) is 73.6. The first-order valence-corrected chi connectivity index (χ1v) is 27.7. The monoisotopic (exact) mass is 1330 g/mol. The number of phenols is 2. The Balaban J connectivity index is 0.000000121. The molecule has 0 radical (unpaired) electrons. The number of fused-ring (bicyclic) bond motifs is 9. The van der Waals surface area contributed by atoms with Gasteiger partial charge in [0.25, 0.3) is 0 Å². The summed E-state index contributed by atoms with van der Waals surface area (Å²) in [4.78, 5) is 12.2. The van der Waals surface area contributed by atoms with E-state index < -0.39 is 11.0 Å². The Morgan fingerprint density at radius 2 is 0.589 bits per heavy atom. The van der Waals surface area contributed by atoms with Crippen LogP contribution in [0.1, 0.15) is 54.9 Å². The van der Waals surface area contributed by atoms with E-state index in [4.69, 9.17) is 5.11 Å². The van der Waals surface area contributed by atoms with Gasteiger partial charge < -0.3 is 15.3 Å². The van der Waals surface area contributed by atoms with E-state index >= 15 is 0 Å². The molecule has 0 aliphatic heterocycles. The Morgan fingerprint density at radius 1 is 0.288 bits per heavy atom. The molecule has 10 heteroatoms. The highest BCUT2D eigenvalue weighted by molar-refractivity contribution is 9.11. The molecule has 3 aliphatic carbocycles. The number of rotatable bonds is 3. The molecule has 10 aromatic carbocycles. The average Bonchev–Trinajstić information content (AvgIpc) is 3.94. The minimum absolute atomic E-state index is 0.104. The summed E-state index contributed by atoms with van der Waals surface area (Å²) in [5, 5.41) is 30.2. The normalized spacial score (nSPS) is 13.2. The number of carbonyl (C=O) groups is 1. The number of hydrogen-bond donors (Lipinski definition) is 3. The average molecular weight is 1340 g/mol. The van der Waals surface area contributed by atoms with Gasteiger partial charge in [0.1, 0.15) is 17.1 Å². The molecule has 3 aliphatic rings. The molecule has 0 saturated carbocycles. The van der Waals surface area contributed by atoms with Crippen LogP contribution in [0.5, 0.6) is 11.5 Å². The lowest BCUT2D eigenvalue weighted by Gasteiger charge is -2.34. The van der Waals surface area contributed by atoms with Gasteiger partial charge in [-0.2, -0.15) is 0 Å². The van der Waals surface area contributed by atoms with Gasteiger partial charge in [0, 0.05) is 49.1 Å². The molecule has 0 aromatic heterocycles. The van der Waals surface area contributed by atoms with Gasteiger partial charge in [-0.15, -0.1) is 0 Å². The van der Waals surface area contributed by atoms with Gasteiger partial charge >= 0.3 is 0 Å². The van der Waals surface area contributed by atoms with Crippen molar-refractivity contribution in [3.63, 3.8) is 0 Å². The molecule has 0 unspecified atom stereocenters. The van der Waals surface area contributed by atoms with E-state index in [0.29, 0.717) is 5.75 Å². The van der Waals surface area contributed by atoms with E-state index in [9.17, 15) is 15.0 Å². The molecule has 10 aromatic rings. The molecule has 3 N–H and O–H groups in total. The number of hydrogen-bond acceptors (Lipinski definition) is 4. The molecule has 4 nitrogen and oxygen atoms in total. The maximum absolute atomic E-state index is 12.2. The van der Waals surface area contributed by atoms with Gasteiger partial charge in [-0.3, -0.25) is 4.79 Å². The number of ketones is 1. The van der Waals surface area contributed by atoms with Gasteiger partial charge in [0.2, 0.25) is 0 Å². The molecule has 0 fully saturated rings. The lowest BCUT2D eigenvalue weighted by Crippen LogP contribution is -2.28. The van der Waals surface area contributed by atoms with Crippen LogP contribution in [0.3, 0.4) is 0 Å². The maximum Gasteiger partial charge on any atom is 0.194 e. The zero-order chi connectivity index (χ0) is 51.0. The number of benzene rings is 10. The third-order valence-corrected chi connectivity index (χ3v) is 16.3. The highest BCUT2D eigenvalue weighted by Gasteiger charge is 2.47. The van der Waals surface area contributed by atoms with Crippen molar-refractivity contribution < 1.29 is 20.1 Å².